The van der Waals surface area contributed by atoms with E-state index in [1.807, 2.05) is 0 Å². The first-order valence-electron chi connectivity index (χ1n) is 7.74. The first-order chi connectivity index (χ1) is 15.2. The van der Waals surface area contributed by atoms with Gasteiger partial charge in [0, 0.05) is 11.2 Å². The Balaban J connectivity index is 2.33. The molecule has 0 bridgehead atoms. The maximum atomic E-state index is 14.0. The molecule has 0 spiro atoms. The molecule has 0 amide bonds. The molecule has 2 atom stereocenters. The Hall–Kier alpha value is -2.30. The summed E-state index contributed by atoms with van der Waals surface area (Å²) < 4.78 is 184. The summed E-state index contributed by atoms with van der Waals surface area (Å²) in [6.45, 7) is 0. The fourth-order valence-corrected chi connectivity index (χ4v) is 4.27. The van der Waals surface area contributed by atoms with E-state index < -0.39 is 108 Å². The lowest BCUT2D eigenvalue weighted by atomic mass is 10.1. The maximum Gasteiger partial charge on any atom is 0.341 e. The van der Waals surface area contributed by atoms with Crippen molar-refractivity contribution in [1.29, 1.82) is 0 Å². The van der Waals surface area contributed by atoms with Crippen LogP contribution in [0.4, 0.5) is 52.7 Å². The summed E-state index contributed by atoms with van der Waals surface area (Å²) in [6.07, 6.45) is 0.0750. The van der Waals surface area contributed by atoms with Crippen molar-refractivity contribution in [3.8, 4) is 0 Å². The molecule has 0 heterocycles. The van der Waals surface area contributed by atoms with E-state index in [1.54, 1.807) is 0 Å². The summed E-state index contributed by atoms with van der Waals surface area (Å²) in [5, 5.41) is -3.96. The van der Waals surface area contributed by atoms with Crippen molar-refractivity contribution in [3.05, 3.63) is 79.9 Å². The summed E-state index contributed by atoms with van der Waals surface area (Å²) in [5.74, 6) is -28.3. The molecular weight excluding hydrogens is 528 g/mol. The van der Waals surface area contributed by atoms with Gasteiger partial charge in [0.25, 0.3) is 5.08 Å². The number of benzene rings is 2. The summed E-state index contributed by atoms with van der Waals surface area (Å²) in [6, 6.07) is 0. The van der Waals surface area contributed by atoms with Crippen LogP contribution in [0.15, 0.2) is 10.6 Å². The summed E-state index contributed by atoms with van der Waals surface area (Å²) in [5.41, 5.74) is -3.99. The Labute approximate surface area is 181 Å². The van der Waals surface area contributed by atoms with Gasteiger partial charge >= 0.3 is 5.16 Å². The van der Waals surface area contributed by atoms with E-state index in [4.69, 9.17) is 0 Å². The zero-order chi connectivity index (χ0) is 25.4. The van der Waals surface area contributed by atoms with Crippen LogP contribution in [0.3, 0.4) is 0 Å². The van der Waals surface area contributed by atoms with Gasteiger partial charge in [-0.3, -0.25) is 0 Å². The van der Waals surface area contributed by atoms with E-state index in [9.17, 15) is 61.8 Å². The Kier molecular flexibility index (Phi) is 8.42. The van der Waals surface area contributed by atoms with Gasteiger partial charge in [0.2, 0.25) is 17.5 Å². The van der Waals surface area contributed by atoms with Crippen molar-refractivity contribution >= 4 is 34.3 Å². The lowest BCUT2D eigenvalue weighted by Gasteiger charge is -2.11. The second-order valence-corrected chi connectivity index (χ2v) is 8.69. The highest BCUT2D eigenvalue weighted by Gasteiger charge is 2.34. The molecule has 2 rings (SSSR count). The van der Waals surface area contributed by atoms with E-state index in [0.717, 1.165) is 0 Å². The van der Waals surface area contributed by atoms with Crippen molar-refractivity contribution in [2.45, 2.75) is 0 Å². The lowest BCUT2D eigenvalue weighted by Crippen LogP contribution is -2.16. The highest BCUT2D eigenvalue weighted by Crippen LogP contribution is 2.33. The molecule has 0 aliphatic heterocycles. The average molecular weight is 532 g/mol. The molecule has 0 saturated heterocycles. The number of hydrogen-bond donors (Lipinski definition) is 0. The van der Waals surface area contributed by atoms with Crippen LogP contribution in [0.2, 0.25) is 0 Å². The van der Waals surface area contributed by atoms with Crippen molar-refractivity contribution in [1.82, 2.24) is 0 Å². The fourth-order valence-electron chi connectivity index (χ4n) is 2.10. The van der Waals surface area contributed by atoms with Gasteiger partial charge in [0.15, 0.2) is 46.5 Å². The Morgan fingerprint density at radius 1 is 0.606 bits per heavy atom. The van der Waals surface area contributed by atoms with Crippen LogP contribution in [-0.4, -0.2) is 14.2 Å². The van der Waals surface area contributed by atoms with E-state index in [0.29, 0.717) is 0 Å². The second-order valence-electron chi connectivity index (χ2n) is 5.66. The Bertz CT molecular complexity index is 1110. The first-order valence-corrected chi connectivity index (χ1v) is 10.4. The van der Waals surface area contributed by atoms with Crippen molar-refractivity contribution < 1.29 is 61.8 Å². The minimum Gasteiger partial charge on any atom is -0.608 e. The standard InChI is InChI=1S/C17H4F12O2S2/c18-6-4(7(19)12(24)15(27)11(6)23)1-2-32(30)3-33(31)17(29)10(22)5-8(20)13(25)16(28)14(26)9(5)21/h1-2H,3H2/b2-1-,17-10+. The Morgan fingerprint density at radius 3 is 1.39 bits per heavy atom. The third kappa shape index (κ3) is 5.12. The maximum absolute atomic E-state index is 14.0. The zero-order valence-electron chi connectivity index (χ0n) is 15.0. The molecule has 16 heteroatoms. The van der Waals surface area contributed by atoms with Crippen molar-refractivity contribution in [3.63, 3.8) is 0 Å². The first kappa shape index (κ1) is 26.9. The van der Waals surface area contributed by atoms with Gasteiger partial charge < -0.3 is 9.11 Å². The summed E-state index contributed by atoms with van der Waals surface area (Å²) in [4.78, 5) is 0. The molecule has 2 aromatic rings. The topological polar surface area (TPSA) is 46.1 Å². The van der Waals surface area contributed by atoms with Gasteiger partial charge in [-0.15, -0.1) is 4.39 Å². The van der Waals surface area contributed by atoms with Gasteiger partial charge in [-0.05, 0) is 6.08 Å². The fraction of sp³-hybridized carbons (Fsp3) is 0.0588. The van der Waals surface area contributed by atoms with E-state index in [2.05, 4.69) is 0 Å². The van der Waals surface area contributed by atoms with Gasteiger partial charge in [0.05, 0.1) is 22.3 Å². The molecular formula is C17H4F12O2S2. The molecule has 0 aliphatic carbocycles. The molecule has 0 aliphatic rings. The minimum absolute atomic E-state index is 0.0750. The number of halogens is 12. The van der Waals surface area contributed by atoms with Crippen molar-refractivity contribution in [2.24, 2.45) is 0 Å². The van der Waals surface area contributed by atoms with Crippen LogP contribution in [0.5, 0.6) is 0 Å². The predicted molar refractivity (Wildman–Crippen MR) is 91.8 cm³/mol. The van der Waals surface area contributed by atoms with Crippen molar-refractivity contribution in [2.75, 3.05) is 5.08 Å². The molecule has 0 N–H and O–H groups in total. The molecule has 33 heavy (non-hydrogen) atoms. The van der Waals surface area contributed by atoms with Crippen LogP contribution in [0.25, 0.3) is 11.9 Å². The normalized spacial score (nSPS) is 14.6. The van der Waals surface area contributed by atoms with Crippen LogP contribution in [0.1, 0.15) is 11.1 Å². The van der Waals surface area contributed by atoms with Gasteiger partial charge in [-0.25, -0.2) is 43.9 Å². The SMILES string of the molecule is [O-][S+](/C=C\c1c(F)c(F)c(F)c(F)c1F)C[S+]([O-])/C(F)=C(/F)c1c(F)c(F)c(F)c(F)c1F. The molecule has 0 radical (unpaired) electrons. The summed E-state index contributed by atoms with van der Waals surface area (Å²) in [7, 11) is 0. The zero-order valence-corrected chi connectivity index (χ0v) is 16.7. The largest absolute Gasteiger partial charge is 0.608 e. The number of hydrogen-bond acceptors (Lipinski definition) is 2. The molecule has 0 fully saturated rings. The molecule has 2 aromatic carbocycles. The summed E-state index contributed by atoms with van der Waals surface area (Å²) >= 11 is -6.21. The van der Waals surface area contributed by atoms with Gasteiger partial charge in [0.1, 0.15) is 5.41 Å². The molecule has 0 aromatic heterocycles. The third-order valence-corrected chi connectivity index (χ3v) is 6.46. The molecule has 2 nitrogen and oxygen atoms in total. The van der Waals surface area contributed by atoms with Crippen LogP contribution in [-0.2, 0) is 22.4 Å². The van der Waals surface area contributed by atoms with Crippen LogP contribution in [0, 0.1) is 58.2 Å². The predicted octanol–water partition coefficient (Wildman–Crippen LogP) is 5.77. The highest BCUT2D eigenvalue weighted by atomic mass is 32.3. The van der Waals surface area contributed by atoms with Gasteiger partial charge in [-0.1, -0.05) is 0 Å². The quantitative estimate of drug-likeness (QED) is 0.205. The second kappa shape index (κ2) is 10.3. The van der Waals surface area contributed by atoms with Crippen LogP contribution >= 0.6 is 0 Å². The number of rotatable bonds is 6. The lowest BCUT2D eigenvalue weighted by molar-refractivity contribution is 0.374. The highest BCUT2D eigenvalue weighted by molar-refractivity contribution is 8.11. The van der Waals surface area contributed by atoms with Crippen LogP contribution < -0.4 is 0 Å². The smallest absolute Gasteiger partial charge is 0.341 e. The van der Waals surface area contributed by atoms with Gasteiger partial charge in [-0.2, -0.15) is 4.39 Å². The molecule has 0 saturated carbocycles. The third-order valence-electron chi connectivity index (χ3n) is 3.66. The monoisotopic (exact) mass is 532 g/mol. The molecule has 2 unspecified atom stereocenters. The Morgan fingerprint density at radius 2 is 0.970 bits per heavy atom. The van der Waals surface area contributed by atoms with E-state index >= 15 is 0 Å². The average Bonchev–Trinajstić information content (AvgIpc) is 2.78. The molecule has 180 valence electrons. The minimum atomic E-state index is -3.42. The van der Waals surface area contributed by atoms with E-state index in [1.165, 1.54) is 0 Å². The van der Waals surface area contributed by atoms with E-state index in [-0.39, 0.29) is 11.5 Å².